The number of carbonyl (C=O) groups excluding carboxylic acids is 1. The Bertz CT molecular complexity index is 885. The van der Waals surface area contributed by atoms with Crippen molar-refractivity contribution < 1.29 is 4.79 Å². The van der Waals surface area contributed by atoms with Crippen molar-refractivity contribution >= 4 is 16.7 Å². The lowest BCUT2D eigenvalue weighted by atomic mass is 9.98. The number of pyridine rings is 1. The molecule has 0 bridgehead atoms. The summed E-state index contributed by atoms with van der Waals surface area (Å²) in [5.41, 5.74) is 3.05. The molecule has 3 rings (SSSR count). The molecule has 3 aromatic rings. The molecule has 26 heavy (non-hydrogen) atoms. The number of aromatic nitrogens is 1. The summed E-state index contributed by atoms with van der Waals surface area (Å²) < 4.78 is 0. The number of hydrogen-bond donors (Lipinski definition) is 0. The van der Waals surface area contributed by atoms with E-state index in [1.165, 1.54) is 5.39 Å². The summed E-state index contributed by atoms with van der Waals surface area (Å²) in [6, 6.07) is 20.6. The van der Waals surface area contributed by atoms with Crippen molar-refractivity contribution in [3.05, 3.63) is 66.4 Å². The summed E-state index contributed by atoms with van der Waals surface area (Å²) in [6.07, 6.45) is 0.649. The highest BCUT2D eigenvalue weighted by molar-refractivity contribution is 5.88. The van der Waals surface area contributed by atoms with E-state index >= 15 is 0 Å². The van der Waals surface area contributed by atoms with E-state index in [2.05, 4.69) is 30.3 Å². The molecular formula is C23H26N2O. The molecule has 1 amide bonds. The van der Waals surface area contributed by atoms with Gasteiger partial charge < -0.3 is 4.90 Å². The van der Waals surface area contributed by atoms with Crippen LogP contribution in [0.5, 0.6) is 0 Å². The number of benzene rings is 2. The highest BCUT2D eigenvalue weighted by Gasteiger charge is 2.20. The lowest BCUT2D eigenvalue weighted by molar-refractivity contribution is -0.134. The molecule has 0 saturated heterocycles. The molecule has 134 valence electrons. The van der Waals surface area contributed by atoms with Gasteiger partial charge in [0.2, 0.25) is 5.91 Å². The minimum atomic E-state index is -0.0863. The van der Waals surface area contributed by atoms with Gasteiger partial charge in [-0.05, 0) is 25.3 Å². The molecule has 0 N–H and O–H groups in total. The first kappa shape index (κ1) is 18.1. The van der Waals surface area contributed by atoms with Crippen LogP contribution in [-0.4, -0.2) is 28.9 Å². The van der Waals surface area contributed by atoms with E-state index in [0.717, 1.165) is 35.4 Å². The molecule has 1 heterocycles. The average molecular weight is 346 g/mol. The van der Waals surface area contributed by atoms with Crippen molar-refractivity contribution in [3.8, 4) is 11.3 Å². The Morgan fingerprint density at radius 2 is 1.65 bits per heavy atom. The van der Waals surface area contributed by atoms with Crippen molar-refractivity contribution in [1.82, 2.24) is 9.88 Å². The van der Waals surface area contributed by atoms with E-state index < -0.39 is 0 Å². The van der Waals surface area contributed by atoms with Gasteiger partial charge in [0.1, 0.15) is 0 Å². The summed E-state index contributed by atoms with van der Waals surface area (Å²) in [4.78, 5) is 19.5. The zero-order valence-electron chi connectivity index (χ0n) is 15.8. The van der Waals surface area contributed by atoms with Crippen LogP contribution >= 0.6 is 0 Å². The first-order valence-corrected chi connectivity index (χ1v) is 9.36. The Hall–Kier alpha value is -2.68. The summed E-state index contributed by atoms with van der Waals surface area (Å²) in [6.45, 7) is 7.55. The van der Waals surface area contributed by atoms with Gasteiger partial charge >= 0.3 is 0 Å². The third kappa shape index (κ3) is 3.77. The van der Waals surface area contributed by atoms with Crippen molar-refractivity contribution in [1.29, 1.82) is 0 Å². The van der Waals surface area contributed by atoms with Crippen LogP contribution in [0, 0.1) is 5.92 Å². The molecule has 1 unspecified atom stereocenters. The van der Waals surface area contributed by atoms with E-state index in [4.69, 9.17) is 4.98 Å². The first-order valence-electron chi connectivity index (χ1n) is 9.36. The van der Waals surface area contributed by atoms with Gasteiger partial charge in [-0.1, -0.05) is 61.5 Å². The fraction of sp³-hybridized carbons (Fsp3) is 0.304. The lowest BCUT2D eigenvalue weighted by Crippen LogP contribution is -2.35. The minimum Gasteiger partial charge on any atom is -0.343 e. The van der Waals surface area contributed by atoms with Crippen LogP contribution in [0.4, 0.5) is 0 Å². The van der Waals surface area contributed by atoms with Crippen LogP contribution in [-0.2, 0) is 11.2 Å². The predicted molar refractivity (Wildman–Crippen MR) is 108 cm³/mol. The zero-order chi connectivity index (χ0) is 18.5. The smallest absolute Gasteiger partial charge is 0.225 e. The molecule has 0 aliphatic heterocycles. The number of fused-ring (bicyclic) bond motifs is 1. The first-order chi connectivity index (χ1) is 12.6. The van der Waals surface area contributed by atoms with Crippen LogP contribution in [0.2, 0.25) is 0 Å². The fourth-order valence-corrected chi connectivity index (χ4v) is 3.41. The Morgan fingerprint density at radius 1 is 1.00 bits per heavy atom. The van der Waals surface area contributed by atoms with E-state index in [9.17, 15) is 4.79 Å². The van der Waals surface area contributed by atoms with Gasteiger partial charge in [-0.3, -0.25) is 9.78 Å². The van der Waals surface area contributed by atoms with Crippen LogP contribution in [0.25, 0.3) is 22.0 Å². The molecule has 0 aliphatic rings. The molecule has 3 heteroatoms. The highest BCUT2D eigenvalue weighted by Crippen LogP contribution is 2.26. The molecule has 2 aromatic carbocycles. The fourth-order valence-electron chi connectivity index (χ4n) is 3.41. The van der Waals surface area contributed by atoms with Crippen molar-refractivity contribution in [2.24, 2.45) is 5.92 Å². The van der Waals surface area contributed by atoms with Gasteiger partial charge in [-0.25, -0.2) is 0 Å². The quantitative estimate of drug-likeness (QED) is 0.633. The molecule has 0 fully saturated rings. The standard InChI is InChI=1S/C23H26N2O/c1-4-25(5-2)23(26)17(3)15-22-20-14-10-9-13-19(20)16-21(24-22)18-11-7-6-8-12-18/h6-14,16-17H,4-5,15H2,1-3H3. The van der Waals surface area contributed by atoms with Crippen molar-refractivity contribution in [2.75, 3.05) is 13.1 Å². The maximum absolute atomic E-state index is 12.7. The Kier molecular flexibility index (Phi) is 5.67. The predicted octanol–water partition coefficient (Wildman–Crippen LogP) is 4.95. The largest absolute Gasteiger partial charge is 0.343 e. The molecule has 3 nitrogen and oxygen atoms in total. The molecule has 0 spiro atoms. The second-order valence-electron chi connectivity index (χ2n) is 6.66. The van der Waals surface area contributed by atoms with E-state index in [0.29, 0.717) is 6.42 Å². The van der Waals surface area contributed by atoms with Crippen molar-refractivity contribution in [2.45, 2.75) is 27.2 Å². The number of amides is 1. The Labute approximate surface area is 155 Å². The van der Waals surface area contributed by atoms with Crippen LogP contribution in [0.15, 0.2) is 60.7 Å². The Balaban J connectivity index is 2.00. The van der Waals surface area contributed by atoms with Crippen LogP contribution < -0.4 is 0 Å². The van der Waals surface area contributed by atoms with Gasteiger partial charge in [0.25, 0.3) is 0 Å². The van der Waals surface area contributed by atoms with Gasteiger partial charge in [0, 0.05) is 42.1 Å². The third-order valence-electron chi connectivity index (χ3n) is 4.89. The highest BCUT2D eigenvalue weighted by atomic mass is 16.2. The molecular weight excluding hydrogens is 320 g/mol. The van der Waals surface area contributed by atoms with E-state index in [1.807, 2.05) is 56.0 Å². The molecule has 0 radical (unpaired) electrons. The number of nitrogens with zero attached hydrogens (tertiary/aromatic N) is 2. The van der Waals surface area contributed by atoms with Crippen LogP contribution in [0.3, 0.4) is 0 Å². The summed E-state index contributed by atoms with van der Waals surface area (Å²) in [5, 5.41) is 2.30. The maximum Gasteiger partial charge on any atom is 0.225 e. The SMILES string of the molecule is CCN(CC)C(=O)C(C)Cc1nc(-c2ccccc2)cc2ccccc12. The second kappa shape index (κ2) is 8.13. The summed E-state index contributed by atoms with van der Waals surface area (Å²) in [7, 11) is 0. The summed E-state index contributed by atoms with van der Waals surface area (Å²) in [5.74, 6) is 0.114. The normalized spacial score (nSPS) is 12.1. The lowest BCUT2D eigenvalue weighted by Gasteiger charge is -2.23. The third-order valence-corrected chi connectivity index (χ3v) is 4.89. The van der Waals surface area contributed by atoms with Crippen molar-refractivity contribution in [3.63, 3.8) is 0 Å². The molecule has 0 aliphatic carbocycles. The molecule has 0 saturated carbocycles. The monoisotopic (exact) mass is 346 g/mol. The van der Waals surface area contributed by atoms with Gasteiger partial charge in [-0.15, -0.1) is 0 Å². The van der Waals surface area contributed by atoms with Crippen LogP contribution in [0.1, 0.15) is 26.5 Å². The number of hydrogen-bond acceptors (Lipinski definition) is 2. The van der Waals surface area contributed by atoms with Gasteiger partial charge in [-0.2, -0.15) is 0 Å². The number of carbonyl (C=O) groups is 1. The van der Waals surface area contributed by atoms with E-state index in [1.54, 1.807) is 0 Å². The molecule has 1 aromatic heterocycles. The van der Waals surface area contributed by atoms with Gasteiger partial charge in [0.15, 0.2) is 0 Å². The Morgan fingerprint density at radius 3 is 2.35 bits per heavy atom. The topological polar surface area (TPSA) is 33.2 Å². The average Bonchev–Trinajstić information content (AvgIpc) is 2.69. The van der Waals surface area contributed by atoms with E-state index in [-0.39, 0.29) is 11.8 Å². The molecule has 1 atom stereocenters. The minimum absolute atomic E-state index is 0.0863. The zero-order valence-corrected chi connectivity index (χ0v) is 15.8. The summed E-state index contributed by atoms with van der Waals surface area (Å²) >= 11 is 0. The number of rotatable bonds is 6. The second-order valence-corrected chi connectivity index (χ2v) is 6.66. The van der Waals surface area contributed by atoms with Gasteiger partial charge in [0.05, 0.1) is 5.69 Å². The maximum atomic E-state index is 12.7.